The molecule has 0 fully saturated rings. The maximum Gasteiger partial charge on any atom is 0.259 e. The van der Waals surface area contributed by atoms with E-state index in [2.05, 4.69) is 10.6 Å². The Kier molecular flexibility index (Phi) is 5.81. The summed E-state index contributed by atoms with van der Waals surface area (Å²) >= 11 is 1.38. The minimum atomic E-state index is -0.601. The summed E-state index contributed by atoms with van der Waals surface area (Å²) < 4.78 is 19.6. The molecular weight excluding hydrogens is 403 g/mol. The second-order valence-corrected chi connectivity index (χ2v) is 7.98. The van der Waals surface area contributed by atoms with Gasteiger partial charge < -0.3 is 15.4 Å². The molecule has 1 aliphatic carbocycles. The number of thiophene rings is 1. The van der Waals surface area contributed by atoms with Gasteiger partial charge in [-0.2, -0.15) is 0 Å². The molecule has 0 unspecified atom stereocenters. The van der Waals surface area contributed by atoms with E-state index < -0.39 is 11.7 Å². The summed E-state index contributed by atoms with van der Waals surface area (Å²) in [6.07, 6.45) is 2.61. The molecule has 2 N–H and O–H groups in total. The Morgan fingerprint density at radius 3 is 2.60 bits per heavy atom. The second-order valence-electron chi connectivity index (χ2n) is 6.88. The third kappa shape index (κ3) is 3.93. The highest BCUT2D eigenvalue weighted by Gasteiger charge is 2.28. The first-order valence-corrected chi connectivity index (χ1v) is 10.6. The lowest BCUT2D eigenvalue weighted by molar-refractivity contribution is 0.102. The average Bonchev–Trinajstić information content (AvgIpc) is 3.30. The molecule has 154 valence electrons. The predicted molar refractivity (Wildman–Crippen MR) is 116 cm³/mol. The number of hydrogen-bond acceptors (Lipinski definition) is 4. The van der Waals surface area contributed by atoms with Crippen LogP contribution in [0.4, 0.5) is 15.1 Å². The van der Waals surface area contributed by atoms with Crippen LogP contribution in [-0.2, 0) is 12.8 Å². The number of hydrogen-bond donors (Lipinski definition) is 2. The maximum atomic E-state index is 14.0. The molecule has 3 aromatic rings. The molecule has 5 nitrogen and oxygen atoms in total. The molecule has 0 aliphatic heterocycles. The fraction of sp³-hybridized carbons (Fsp3) is 0.217. The largest absolute Gasteiger partial charge is 0.492 e. The number of halogens is 1. The van der Waals surface area contributed by atoms with Crippen molar-refractivity contribution in [3.63, 3.8) is 0 Å². The van der Waals surface area contributed by atoms with Crippen molar-refractivity contribution in [3.8, 4) is 5.75 Å². The minimum absolute atomic E-state index is 0.0564. The maximum absolute atomic E-state index is 14.0. The molecule has 0 radical (unpaired) electrons. The summed E-state index contributed by atoms with van der Waals surface area (Å²) in [7, 11) is 0. The Bertz CT molecular complexity index is 1110. The van der Waals surface area contributed by atoms with E-state index in [-0.39, 0.29) is 11.5 Å². The number of nitrogens with one attached hydrogen (secondary N) is 2. The fourth-order valence-corrected chi connectivity index (χ4v) is 4.87. The van der Waals surface area contributed by atoms with E-state index >= 15 is 0 Å². The van der Waals surface area contributed by atoms with Crippen molar-refractivity contribution in [2.24, 2.45) is 0 Å². The zero-order valence-electron chi connectivity index (χ0n) is 16.5. The third-order valence-corrected chi connectivity index (χ3v) is 6.14. The van der Waals surface area contributed by atoms with Crippen LogP contribution < -0.4 is 15.4 Å². The molecule has 2 aromatic carbocycles. The lowest BCUT2D eigenvalue weighted by Crippen LogP contribution is -2.19. The predicted octanol–water partition coefficient (Wildman–Crippen LogP) is 5.28. The van der Waals surface area contributed by atoms with Gasteiger partial charge in [0.15, 0.2) is 0 Å². The Balaban J connectivity index is 1.64. The number of carbonyl (C=O) groups excluding carboxylic acids is 2. The smallest absolute Gasteiger partial charge is 0.259 e. The van der Waals surface area contributed by atoms with E-state index in [0.717, 1.165) is 29.7 Å². The molecule has 4 rings (SSSR count). The minimum Gasteiger partial charge on any atom is -0.492 e. The summed E-state index contributed by atoms with van der Waals surface area (Å²) in [5.74, 6) is -0.907. The first kappa shape index (κ1) is 20.1. The Morgan fingerprint density at radius 1 is 1.03 bits per heavy atom. The molecule has 0 saturated heterocycles. The van der Waals surface area contributed by atoms with Gasteiger partial charge in [0, 0.05) is 4.88 Å². The lowest BCUT2D eigenvalue weighted by Gasteiger charge is -2.13. The van der Waals surface area contributed by atoms with E-state index in [4.69, 9.17) is 4.74 Å². The highest BCUT2D eigenvalue weighted by Crippen LogP contribution is 2.40. The second kappa shape index (κ2) is 8.67. The van der Waals surface area contributed by atoms with Crippen LogP contribution in [0.2, 0.25) is 0 Å². The van der Waals surface area contributed by atoms with E-state index in [1.807, 2.05) is 19.1 Å². The Labute approximate surface area is 177 Å². The zero-order valence-corrected chi connectivity index (χ0v) is 17.3. The first-order chi connectivity index (χ1) is 14.6. The summed E-state index contributed by atoms with van der Waals surface area (Å²) in [5, 5.41) is 6.10. The highest BCUT2D eigenvalue weighted by molar-refractivity contribution is 7.17. The van der Waals surface area contributed by atoms with Crippen molar-refractivity contribution < 1.29 is 18.7 Å². The third-order valence-electron chi connectivity index (χ3n) is 4.93. The molecule has 0 atom stereocenters. The van der Waals surface area contributed by atoms with Crippen molar-refractivity contribution >= 4 is 33.8 Å². The van der Waals surface area contributed by atoms with Gasteiger partial charge in [-0.05, 0) is 56.0 Å². The molecule has 2 amide bonds. The fourth-order valence-electron chi connectivity index (χ4n) is 3.58. The van der Waals surface area contributed by atoms with Crippen molar-refractivity contribution in [2.45, 2.75) is 26.2 Å². The number of anilines is 2. The van der Waals surface area contributed by atoms with Gasteiger partial charge in [0.1, 0.15) is 16.6 Å². The van der Waals surface area contributed by atoms with Crippen molar-refractivity contribution in [1.82, 2.24) is 0 Å². The quantitative estimate of drug-likeness (QED) is 0.566. The molecule has 1 heterocycles. The molecule has 7 heteroatoms. The molecule has 1 aliphatic rings. The van der Waals surface area contributed by atoms with Gasteiger partial charge in [-0.3, -0.25) is 9.59 Å². The van der Waals surface area contributed by atoms with Gasteiger partial charge in [0.05, 0.1) is 23.4 Å². The standard InChI is InChI=1S/C23H21FN2O3S/c1-2-29-18-12-6-5-11-17(18)25-22(28)20-15-9-7-13-19(15)30-23(20)26-21(27)14-8-3-4-10-16(14)24/h3-6,8,10-12H,2,7,9,13H2,1H3,(H,25,28)(H,26,27). The number of para-hydroxylation sites is 2. The van der Waals surface area contributed by atoms with E-state index in [9.17, 15) is 14.0 Å². The Morgan fingerprint density at radius 2 is 1.80 bits per heavy atom. The molecule has 0 saturated carbocycles. The first-order valence-electron chi connectivity index (χ1n) is 9.82. The molecule has 0 bridgehead atoms. The van der Waals surface area contributed by atoms with Crippen LogP contribution in [0.3, 0.4) is 0 Å². The molecular formula is C23H21FN2O3S. The topological polar surface area (TPSA) is 67.4 Å². The van der Waals surface area contributed by atoms with Crippen LogP contribution in [0.1, 0.15) is 44.5 Å². The lowest BCUT2D eigenvalue weighted by atomic mass is 10.1. The summed E-state index contributed by atoms with van der Waals surface area (Å²) in [5.41, 5.74) is 1.91. The number of carbonyl (C=O) groups is 2. The number of aryl methyl sites for hydroxylation is 1. The average molecular weight is 424 g/mol. The van der Waals surface area contributed by atoms with Crippen molar-refractivity contribution in [1.29, 1.82) is 0 Å². The summed E-state index contributed by atoms with van der Waals surface area (Å²) in [6, 6.07) is 13.0. The van der Waals surface area contributed by atoms with Crippen LogP contribution in [0.15, 0.2) is 48.5 Å². The Hall–Kier alpha value is -3.19. The van der Waals surface area contributed by atoms with Gasteiger partial charge >= 0.3 is 0 Å². The van der Waals surface area contributed by atoms with Crippen molar-refractivity contribution in [3.05, 3.63) is 75.9 Å². The summed E-state index contributed by atoms with van der Waals surface area (Å²) in [6.45, 7) is 2.35. The number of amides is 2. The highest BCUT2D eigenvalue weighted by atomic mass is 32.1. The molecule has 0 spiro atoms. The zero-order chi connectivity index (χ0) is 21.1. The number of benzene rings is 2. The van der Waals surface area contributed by atoms with E-state index in [1.165, 1.54) is 29.5 Å². The van der Waals surface area contributed by atoms with Crippen LogP contribution in [0.25, 0.3) is 0 Å². The normalized spacial score (nSPS) is 12.3. The van der Waals surface area contributed by atoms with E-state index in [1.54, 1.807) is 18.2 Å². The molecule has 30 heavy (non-hydrogen) atoms. The number of rotatable bonds is 6. The van der Waals surface area contributed by atoms with Crippen LogP contribution in [0.5, 0.6) is 5.75 Å². The summed E-state index contributed by atoms with van der Waals surface area (Å²) in [4.78, 5) is 26.9. The van der Waals surface area contributed by atoms with Gasteiger partial charge in [-0.1, -0.05) is 24.3 Å². The van der Waals surface area contributed by atoms with E-state index in [0.29, 0.717) is 28.6 Å². The van der Waals surface area contributed by atoms with Gasteiger partial charge in [0.25, 0.3) is 11.8 Å². The number of fused-ring (bicyclic) bond motifs is 1. The van der Waals surface area contributed by atoms with Gasteiger partial charge in [0.2, 0.25) is 0 Å². The molecule has 1 aromatic heterocycles. The van der Waals surface area contributed by atoms with Crippen LogP contribution in [0, 0.1) is 5.82 Å². The van der Waals surface area contributed by atoms with Gasteiger partial charge in [-0.15, -0.1) is 11.3 Å². The number of ether oxygens (including phenoxy) is 1. The van der Waals surface area contributed by atoms with Crippen molar-refractivity contribution in [2.75, 3.05) is 17.2 Å². The monoisotopic (exact) mass is 424 g/mol. The SMILES string of the molecule is CCOc1ccccc1NC(=O)c1c(NC(=O)c2ccccc2F)sc2c1CCC2. The van der Waals surface area contributed by atoms with Crippen LogP contribution >= 0.6 is 11.3 Å². The van der Waals surface area contributed by atoms with Crippen LogP contribution in [-0.4, -0.2) is 18.4 Å². The van der Waals surface area contributed by atoms with Gasteiger partial charge in [-0.25, -0.2) is 4.39 Å².